The van der Waals surface area contributed by atoms with Crippen LogP contribution in [-0.4, -0.2) is 13.2 Å². The standard InChI is InChI=1S/C12H11ClFNO/c13-9-2-3-11(14)10(6-9)12(4-1-5-15)7-16-8-12/h2-3,6H,1,4,7-8H2. The van der Waals surface area contributed by atoms with Crippen molar-refractivity contribution in [3.63, 3.8) is 0 Å². The summed E-state index contributed by atoms with van der Waals surface area (Å²) >= 11 is 5.87. The number of nitriles is 1. The van der Waals surface area contributed by atoms with E-state index in [1.54, 1.807) is 6.07 Å². The van der Waals surface area contributed by atoms with E-state index in [-0.39, 0.29) is 11.2 Å². The van der Waals surface area contributed by atoms with Crippen molar-refractivity contribution >= 4 is 11.6 Å². The highest BCUT2D eigenvalue weighted by molar-refractivity contribution is 6.30. The molecule has 2 nitrogen and oxygen atoms in total. The van der Waals surface area contributed by atoms with Crippen molar-refractivity contribution in [3.8, 4) is 6.07 Å². The van der Waals surface area contributed by atoms with Crippen LogP contribution in [0.4, 0.5) is 4.39 Å². The summed E-state index contributed by atoms with van der Waals surface area (Å²) in [5, 5.41) is 9.12. The highest BCUT2D eigenvalue weighted by Crippen LogP contribution is 2.39. The number of hydrogen-bond acceptors (Lipinski definition) is 2. The Balaban J connectivity index is 2.33. The van der Waals surface area contributed by atoms with Gasteiger partial charge in [0.1, 0.15) is 5.82 Å². The lowest BCUT2D eigenvalue weighted by Gasteiger charge is -2.41. The number of benzene rings is 1. The van der Waals surface area contributed by atoms with Crippen molar-refractivity contribution in [2.75, 3.05) is 13.2 Å². The molecule has 0 unspecified atom stereocenters. The van der Waals surface area contributed by atoms with E-state index in [9.17, 15) is 4.39 Å². The van der Waals surface area contributed by atoms with Crippen molar-refractivity contribution in [3.05, 3.63) is 34.6 Å². The van der Waals surface area contributed by atoms with E-state index in [0.29, 0.717) is 36.6 Å². The number of rotatable bonds is 3. The predicted octanol–water partition coefficient (Wildman–Crippen LogP) is 3.05. The van der Waals surface area contributed by atoms with E-state index in [0.717, 1.165) is 0 Å². The van der Waals surface area contributed by atoms with Crippen molar-refractivity contribution < 1.29 is 9.13 Å². The molecule has 0 radical (unpaired) electrons. The summed E-state index contributed by atoms with van der Waals surface area (Å²) in [6.45, 7) is 0.928. The van der Waals surface area contributed by atoms with Crippen molar-refractivity contribution in [2.24, 2.45) is 0 Å². The molecule has 4 heteroatoms. The van der Waals surface area contributed by atoms with E-state index in [1.807, 2.05) is 0 Å². The minimum absolute atomic E-state index is 0.273. The first-order valence-corrected chi connectivity index (χ1v) is 5.46. The smallest absolute Gasteiger partial charge is 0.127 e. The lowest BCUT2D eigenvalue weighted by atomic mass is 9.75. The van der Waals surface area contributed by atoms with Gasteiger partial charge in [-0.05, 0) is 24.6 Å². The van der Waals surface area contributed by atoms with Crippen LogP contribution in [0.25, 0.3) is 0 Å². The quantitative estimate of drug-likeness (QED) is 0.812. The van der Waals surface area contributed by atoms with Gasteiger partial charge in [-0.1, -0.05) is 11.6 Å². The van der Waals surface area contributed by atoms with Gasteiger partial charge in [-0.3, -0.25) is 0 Å². The highest BCUT2D eigenvalue weighted by atomic mass is 35.5. The number of nitrogens with zero attached hydrogens (tertiary/aromatic N) is 1. The minimum atomic E-state index is -0.356. The molecule has 0 saturated carbocycles. The molecule has 0 aromatic heterocycles. The summed E-state index contributed by atoms with van der Waals surface area (Å²) in [6, 6.07) is 6.61. The number of halogens is 2. The third-order valence-corrected chi connectivity index (χ3v) is 3.21. The predicted molar refractivity (Wildman–Crippen MR) is 58.8 cm³/mol. The van der Waals surface area contributed by atoms with Gasteiger partial charge in [0.05, 0.1) is 19.3 Å². The van der Waals surface area contributed by atoms with Crippen molar-refractivity contribution in [1.82, 2.24) is 0 Å². The molecule has 1 aromatic carbocycles. The minimum Gasteiger partial charge on any atom is -0.379 e. The normalized spacial score (nSPS) is 17.6. The molecule has 0 amide bonds. The second-order valence-corrected chi connectivity index (χ2v) is 4.49. The molecule has 0 N–H and O–H groups in total. The third-order valence-electron chi connectivity index (χ3n) is 2.97. The molecule has 0 aliphatic carbocycles. The van der Waals surface area contributed by atoms with Crippen LogP contribution in [-0.2, 0) is 10.2 Å². The van der Waals surface area contributed by atoms with Gasteiger partial charge >= 0.3 is 0 Å². The molecule has 1 aliphatic heterocycles. The average Bonchev–Trinajstić information content (AvgIpc) is 2.21. The Morgan fingerprint density at radius 3 is 2.81 bits per heavy atom. The molecule has 1 aliphatic rings. The van der Waals surface area contributed by atoms with E-state index in [4.69, 9.17) is 21.6 Å². The van der Waals surface area contributed by atoms with Crippen LogP contribution < -0.4 is 0 Å². The Labute approximate surface area is 98.6 Å². The Bertz CT molecular complexity index is 437. The summed E-state index contributed by atoms with van der Waals surface area (Å²) in [6.07, 6.45) is 1.01. The number of ether oxygens (including phenoxy) is 1. The Hall–Kier alpha value is -1.11. The van der Waals surface area contributed by atoms with E-state index >= 15 is 0 Å². The van der Waals surface area contributed by atoms with E-state index in [2.05, 4.69) is 6.07 Å². The van der Waals surface area contributed by atoms with Gasteiger partial charge < -0.3 is 4.74 Å². The zero-order valence-electron chi connectivity index (χ0n) is 8.67. The molecular weight excluding hydrogens is 229 g/mol. The molecule has 0 bridgehead atoms. The summed E-state index contributed by atoms with van der Waals surface area (Å²) in [5.74, 6) is -0.273. The molecule has 0 spiro atoms. The van der Waals surface area contributed by atoms with E-state index in [1.165, 1.54) is 12.1 Å². The topological polar surface area (TPSA) is 33.0 Å². The molecular formula is C12H11ClFNO. The van der Waals surface area contributed by atoms with Crippen LogP contribution >= 0.6 is 11.6 Å². The zero-order valence-corrected chi connectivity index (χ0v) is 9.43. The fourth-order valence-electron chi connectivity index (χ4n) is 1.98. The van der Waals surface area contributed by atoms with Gasteiger partial charge in [-0.25, -0.2) is 4.39 Å². The Kier molecular flexibility index (Phi) is 3.13. The second kappa shape index (κ2) is 4.40. The fraction of sp³-hybridized carbons (Fsp3) is 0.417. The lowest BCUT2D eigenvalue weighted by Crippen LogP contribution is -2.47. The van der Waals surface area contributed by atoms with Gasteiger partial charge in [0.2, 0.25) is 0 Å². The SMILES string of the molecule is N#CCCC1(c2cc(Cl)ccc2F)COC1. The molecule has 0 atom stereocenters. The van der Waals surface area contributed by atoms with Crippen molar-refractivity contribution in [2.45, 2.75) is 18.3 Å². The van der Waals surface area contributed by atoms with Gasteiger partial charge in [-0.2, -0.15) is 5.26 Å². The molecule has 2 rings (SSSR count). The maximum atomic E-state index is 13.7. The lowest BCUT2D eigenvalue weighted by molar-refractivity contribution is -0.0652. The first-order chi connectivity index (χ1) is 7.68. The van der Waals surface area contributed by atoms with Crippen molar-refractivity contribution in [1.29, 1.82) is 5.26 Å². The zero-order chi connectivity index (χ0) is 11.6. The summed E-state index contributed by atoms with van der Waals surface area (Å²) in [4.78, 5) is 0. The Morgan fingerprint density at radius 1 is 1.50 bits per heavy atom. The summed E-state index contributed by atoms with van der Waals surface area (Å²) in [5.41, 5.74) is 0.214. The third kappa shape index (κ3) is 1.91. The first-order valence-electron chi connectivity index (χ1n) is 5.08. The summed E-state index contributed by atoms with van der Waals surface area (Å²) < 4.78 is 18.9. The second-order valence-electron chi connectivity index (χ2n) is 4.06. The molecule has 16 heavy (non-hydrogen) atoms. The molecule has 1 heterocycles. The van der Waals surface area contributed by atoms with E-state index < -0.39 is 0 Å². The monoisotopic (exact) mass is 239 g/mol. The highest BCUT2D eigenvalue weighted by Gasteiger charge is 2.41. The van der Waals surface area contributed by atoms with Crippen LogP contribution in [0.3, 0.4) is 0 Å². The van der Waals surface area contributed by atoms with Crippen LogP contribution in [0.15, 0.2) is 18.2 Å². The van der Waals surface area contributed by atoms with Crippen LogP contribution in [0.1, 0.15) is 18.4 Å². The van der Waals surface area contributed by atoms with Gasteiger partial charge in [-0.15, -0.1) is 0 Å². The molecule has 1 aromatic rings. The van der Waals surface area contributed by atoms with Gasteiger partial charge in [0, 0.05) is 22.4 Å². The van der Waals surface area contributed by atoms with Gasteiger partial charge in [0.25, 0.3) is 0 Å². The average molecular weight is 240 g/mol. The molecule has 84 valence electrons. The van der Waals surface area contributed by atoms with Crippen LogP contribution in [0.2, 0.25) is 5.02 Å². The molecule has 1 saturated heterocycles. The summed E-state index contributed by atoms with van der Waals surface area (Å²) in [7, 11) is 0. The first kappa shape index (κ1) is 11.4. The number of hydrogen-bond donors (Lipinski definition) is 0. The largest absolute Gasteiger partial charge is 0.379 e. The van der Waals surface area contributed by atoms with Crippen LogP contribution in [0.5, 0.6) is 0 Å². The van der Waals surface area contributed by atoms with Gasteiger partial charge in [0.15, 0.2) is 0 Å². The fourth-order valence-corrected chi connectivity index (χ4v) is 2.15. The van der Waals surface area contributed by atoms with Crippen LogP contribution in [0, 0.1) is 17.1 Å². The maximum absolute atomic E-state index is 13.7. The Morgan fingerprint density at radius 2 is 2.25 bits per heavy atom. The molecule has 1 fully saturated rings. The maximum Gasteiger partial charge on any atom is 0.127 e.